The summed E-state index contributed by atoms with van der Waals surface area (Å²) in [4.78, 5) is 12.1. The van der Waals surface area contributed by atoms with E-state index in [0.29, 0.717) is 24.5 Å². The zero-order chi connectivity index (χ0) is 17.9. The van der Waals surface area contributed by atoms with Crippen molar-refractivity contribution in [1.82, 2.24) is 5.43 Å². The van der Waals surface area contributed by atoms with Gasteiger partial charge in [-0.3, -0.25) is 4.79 Å². The Morgan fingerprint density at radius 2 is 1.92 bits per heavy atom. The van der Waals surface area contributed by atoms with E-state index in [1.54, 1.807) is 36.6 Å². The predicted octanol–water partition coefficient (Wildman–Crippen LogP) is 3.80. The number of amides is 1. The van der Waals surface area contributed by atoms with Crippen molar-refractivity contribution in [2.24, 2.45) is 5.10 Å². The third kappa shape index (κ3) is 5.80. The summed E-state index contributed by atoms with van der Waals surface area (Å²) in [6, 6.07) is 14.4. The average molecular weight is 338 g/mol. The summed E-state index contributed by atoms with van der Waals surface area (Å²) in [5.41, 5.74) is 3.79. The first-order chi connectivity index (χ1) is 12.2. The maximum absolute atomic E-state index is 12.1. The van der Waals surface area contributed by atoms with Gasteiger partial charge in [0.25, 0.3) is 5.91 Å². The maximum Gasteiger partial charge on any atom is 0.271 e. The molecule has 0 unspecified atom stereocenters. The monoisotopic (exact) mass is 338 g/mol. The van der Waals surface area contributed by atoms with Gasteiger partial charge in [-0.05, 0) is 42.8 Å². The molecule has 130 valence electrons. The third-order valence-corrected chi connectivity index (χ3v) is 3.23. The van der Waals surface area contributed by atoms with Crippen LogP contribution in [0.2, 0.25) is 0 Å². The fourth-order valence-corrected chi connectivity index (χ4v) is 2.01. The Balaban J connectivity index is 1.95. The van der Waals surface area contributed by atoms with Crippen molar-refractivity contribution in [3.8, 4) is 11.5 Å². The Morgan fingerprint density at radius 3 is 2.64 bits per heavy atom. The van der Waals surface area contributed by atoms with E-state index < -0.39 is 0 Å². The Labute approximate surface area is 148 Å². The summed E-state index contributed by atoms with van der Waals surface area (Å²) in [6.07, 6.45) is 4.16. The molecular formula is C20H22N2O3. The van der Waals surface area contributed by atoms with Gasteiger partial charge in [-0.1, -0.05) is 31.7 Å². The first-order valence-electron chi connectivity index (χ1n) is 8.13. The zero-order valence-corrected chi connectivity index (χ0v) is 14.3. The Bertz CT molecular complexity index is 724. The number of nitrogens with zero attached hydrogens (tertiary/aromatic N) is 1. The van der Waals surface area contributed by atoms with Crippen LogP contribution in [0.15, 0.2) is 66.3 Å². The van der Waals surface area contributed by atoms with Crippen LogP contribution in [0, 0.1) is 0 Å². The molecule has 2 aromatic rings. The quantitative estimate of drug-likeness (QED) is 0.430. The van der Waals surface area contributed by atoms with Crippen molar-refractivity contribution in [2.75, 3.05) is 13.2 Å². The molecule has 0 aliphatic carbocycles. The summed E-state index contributed by atoms with van der Waals surface area (Å²) in [5.74, 6) is 1.14. The van der Waals surface area contributed by atoms with Crippen LogP contribution in [0.25, 0.3) is 0 Å². The van der Waals surface area contributed by atoms with Gasteiger partial charge in [0.15, 0.2) is 0 Å². The van der Waals surface area contributed by atoms with Crippen molar-refractivity contribution in [3.63, 3.8) is 0 Å². The number of hydrazone groups is 1. The number of hydrogen-bond donors (Lipinski definition) is 1. The molecule has 0 heterocycles. The Morgan fingerprint density at radius 1 is 1.16 bits per heavy atom. The molecule has 0 aliphatic rings. The lowest BCUT2D eigenvalue weighted by molar-refractivity contribution is 0.0955. The van der Waals surface area contributed by atoms with E-state index in [2.05, 4.69) is 17.1 Å². The highest BCUT2D eigenvalue weighted by molar-refractivity contribution is 5.95. The minimum atomic E-state index is -0.289. The van der Waals surface area contributed by atoms with Gasteiger partial charge in [-0.2, -0.15) is 5.10 Å². The summed E-state index contributed by atoms with van der Waals surface area (Å²) < 4.78 is 11.0. The molecule has 0 spiro atoms. The SMILES string of the molecule is C=CCOc1ccccc1/C=N/NC(=O)c1ccc(OCCC)cc1. The normalized spacial score (nSPS) is 10.4. The van der Waals surface area contributed by atoms with Crippen LogP contribution in [0.4, 0.5) is 0 Å². The summed E-state index contributed by atoms with van der Waals surface area (Å²) in [7, 11) is 0. The van der Waals surface area contributed by atoms with E-state index in [0.717, 1.165) is 17.7 Å². The molecule has 0 aliphatic heterocycles. The molecule has 2 aromatic carbocycles. The van der Waals surface area contributed by atoms with E-state index in [4.69, 9.17) is 9.47 Å². The van der Waals surface area contributed by atoms with E-state index >= 15 is 0 Å². The van der Waals surface area contributed by atoms with Crippen molar-refractivity contribution in [3.05, 3.63) is 72.3 Å². The largest absolute Gasteiger partial charge is 0.494 e. The number of rotatable bonds is 9. The molecule has 0 atom stereocenters. The fraction of sp³-hybridized carbons (Fsp3) is 0.200. The minimum Gasteiger partial charge on any atom is -0.494 e. The fourth-order valence-electron chi connectivity index (χ4n) is 2.01. The number of nitrogens with one attached hydrogen (secondary N) is 1. The molecule has 1 amide bonds. The number of benzene rings is 2. The molecular weight excluding hydrogens is 316 g/mol. The molecule has 0 aromatic heterocycles. The molecule has 5 nitrogen and oxygen atoms in total. The average Bonchev–Trinajstić information content (AvgIpc) is 2.66. The highest BCUT2D eigenvalue weighted by Gasteiger charge is 2.05. The second-order valence-corrected chi connectivity index (χ2v) is 5.21. The van der Waals surface area contributed by atoms with Crippen molar-refractivity contribution >= 4 is 12.1 Å². The number of carbonyl (C=O) groups excluding carboxylic acids is 1. The van der Waals surface area contributed by atoms with Crippen LogP contribution in [0.1, 0.15) is 29.3 Å². The molecule has 5 heteroatoms. The Hall–Kier alpha value is -3.08. The summed E-state index contributed by atoms with van der Waals surface area (Å²) in [5, 5.41) is 4.00. The van der Waals surface area contributed by atoms with Gasteiger partial charge in [0.1, 0.15) is 18.1 Å². The Kier molecular flexibility index (Phi) is 7.25. The second-order valence-electron chi connectivity index (χ2n) is 5.21. The molecule has 1 N–H and O–H groups in total. The highest BCUT2D eigenvalue weighted by Crippen LogP contribution is 2.16. The summed E-state index contributed by atoms with van der Waals surface area (Å²) in [6.45, 7) is 6.73. The molecule has 0 saturated heterocycles. The first kappa shape index (κ1) is 18.3. The maximum atomic E-state index is 12.1. The molecule has 0 radical (unpaired) electrons. The number of ether oxygens (including phenoxy) is 2. The molecule has 25 heavy (non-hydrogen) atoms. The van der Waals surface area contributed by atoms with Crippen molar-refractivity contribution in [2.45, 2.75) is 13.3 Å². The van der Waals surface area contributed by atoms with Crippen molar-refractivity contribution in [1.29, 1.82) is 0 Å². The highest BCUT2D eigenvalue weighted by atomic mass is 16.5. The second kappa shape index (κ2) is 9.93. The first-order valence-corrected chi connectivity index (χ1v) is 8.13. The molecule has 0 saturated carbocycles. The molecule has 2 rings (SSSR count). The zero-order valence-electron chi connectivity index (χ0n) is 14.3. The van der Waals surface area contributed by atoms with Crippen LogP contribution >= 0.6 is 0 Å². The van der Waals surface area contributed by atoms with E-state index in [9.17, 15) is 4.79 Å². The van der Waals surface area contributed by atoms with Gasteiger partial charge < -0.3 is 9.47 Å². The van der Waals surface area contributed by atoms with Crippen LogP contribution < -0.4 is 14.9 Å². The topological polar surface area (TPSA) is 59.9 Å². The van der Waals surface area contributed by atoms with Gasteiger partial charge in [0, 0.05) is 11.1 Å². The third-order valence-electron chi connectivity index (χ3n) is 3.23. The van der Waals surface area contributed by atoms with Crippen molar-refractivity contribution < 1.29 is 14.3 Å². The lowest BCUT2D eigenvalue weighted by Gasteiger charge is -2.06. The lowest BCUT2D eigenvalue weighted by Crippen LogP contribution is -2.17. The number of para-hydroxylation sites is 1. The van der Waals surface area contributed by atoms with Crippen LogP contribution in [-0.4, -0.2) is 25.3 Å². The van der Waals surface area contributed by atoms with Crippen LogP contribution in [0.5, 0.6) is 11.5 Å². The predicted molar refractivity (Wildman–Crippen MR) is 99.4 cm³/mol. The number of hydrogen-bond acceptors (Lipinski definition) is 4. The van der Waals surface area contributed by atoms with Gasteiger partial charge in [-0.25, -0.2) is 5.43 Å². The smallest absolute Gasteiger partial charge is 0.271 e. The van der Waals surface area contributed by atoms with Gasteiger partial charge in [-0.15, -0.1) is 0 Å². The van der Waals surface area contributed by atoms with E-state index in [1.807, 2.05) is 31.2 Å². The summed E-state index contributed by atoms with van der Waals surface area (Å²) >= 11 is 0. The molecule has 0 bridgehead atoms. The van der Waals surface area contributed by atoms with Crippen LogP contribution in [0.3, 0.4) is 0 Å². The van der Waals surface area contributed by atoms with Gasteiger partial charge >= 0.3 is 0 Å². The van der Waals surface area contributed by atoms with Gasteiger partial charge in [0.05, 0.1) is 12.8 Å². The lowest BCUT2D eigenvalue weighted by atomic mass is 10.2. The standard InChI is InChI=1S/C20H22N2O3/c1-3-13-24-18-11-9-16(10-12-18)20(23)22-21-15-17-7-5-6-8-19(17)25-14-4-2/h4-12,15H,2-3,13-14H2,1H3,(H,22,23)/b21-15+. The van der Waals surface area contributed by atoms with Crippen LogP contribution in [-0.2, 0) is 0 Å². The molecule has 0 fully saturated rings. The minimum absolute atomic E-state index is 0.289. The van der Waals surface area contributed by atoms with E-state index in [-0.39, 0.29) is 5.91 Å². The number of carbonyl (C=O) groups is 1. The van der Waals surface area contributed by atoms with E-state index in [1.165, 1.54) is 0 Å². The van der Waals surface area contributed by atoms with Gasteiger partial charge in [0.2, 0.25) is 0 Å².